The van der Waals surface area contributed by atoms with E-state index in [1.54, 1.807) is 24.6 Å². The Morgan fingerprint density at radius 3 is 2.19 bits per heavy atom. The minimum atomic E-state index is -0.952. The van der Waals surface area contributed by atoms with Gasteiger partial charge < -0.3 is 34.6 Å². The fraction of sp³-hybridized carbons (Fsp3) is 0.681. The van der Waals surface area contributed by atoms with Gasteiger partial charge in [0.05, 0.1) is 6.04 Å². The molecule has 4 amide bonds. The lowest BCUT2D eigenvalue weighted by molar-refractivity contribution is -0.160. The average Bonchev–Trinajstić information content (AvgIpc) is 3.72. The standard InChI is InChI=1S/C47H74N6O9S/c1-13-32(9)42(50-44(57)38-17-15-16-22-52(38)12)46(58)53(28-60-41(55)24-30(5)6)39(31(7)8)26-40(61-33(10)54)45-49-37(27-63-45)43(56)48-35(23-29(3)4)25-34-18-20-36(21-19-34)62-47(59)51(11)14-2/h18-21,27,29-32,35,38-40,42H,13-17,22-26,28H2,1-12H3,(H,48,56)(H,50,57). The Balaban J connectivity index is 1.91. The number of hydrogen-bond acceptors (Lipinski definition) is 12. The Hall–Kier alpha value is -4.57. The van der Waals surface area contributed by atoms with Gasteiger partial charge in [0.25, 0.3) is 5.91 Å². The molecule has 352 valence electrons. The van der Waals surface area contributed by atoms with Gasteiger partial charge in [-0.1, -0.05) is 80.4 Å². The summed E-state index contributed by atoms with van der Waals surface area (Å²) in [5.74, 6) is -1.78. The number of esters is 2. The normalized spacial score (nSPS) is 16.7. The highest BCUT2D eigenvalue weighted by Gasteiger charge is 2.39. The molecule has 1 aromatic carbocycles. The van der Waals surface area contributed by atoms with E-state index in [2.05, 4.69) is 29.5 Å². The summed E-state index contributed by atoms with van der Waals surface area (Å²) in [6.45, 7) is 19.8. The summed E-state index contributed by atoms with van der Waals surface area (Å²) < 4.78 is 17.1. The average molecular weight is 899 g/mol. The fourth-order valence-electron chi connectivity index (χ4n) is 7.60. The molecule has 6 atom stereocenters. The van der Waals surface area contributed by atoms with E-state index in [-0.39, 0.29) is 72.8 Å². The van der Waals surface area contributed by atoms with Crippen molar-refractivity contribution < 1.29 is 43.0 Å². The van der Waals surface area contributed by atoms with Gasteiger partial charge in [-0.05, 0) is 87.6 Å². The van der Waals surface area contributed by atoms with E-state index < -0.39 is 42.1 Å². The number of amides is 4. The molecule has 1 aliphatic heterocycles. The van der Waals surface area contributed by atoms with E-state index in [0.717, 1.165) is 24.9 Å². The molecule has 2 heterocycles. The van der Waals surface area contributed by atoms with Crippen molar-refractivity contribution in [2.24, 2.45) is 23.7 Å². The summed E-state index contributed by atoms with van der Waals surface area (Å²) in [5, 5.41) is 8.22. The first kappa shape index (κ1) is 52.8. The van der Waals surface area contributed by atoms with Gasteiger partial charge in [-0.2, -0.15) is 0 Å². The molecule has 16 heteroatoms. The van der Waals surface area contributed by atoms with E-state index in [1.807, 2.05) is 72.5 Å². The highest BCUT2D eigenvalue weighted by Crippen LogP contribution is 2.32. The van der Waals surface area contributed by atoms with E-state index in [1.165, 1.54) is 28.1 Å². The van der Waals surface area contributed by atoms with Crippen molar-refractivity contribution >= 4 is 47.1 Å². The maximum Gasteiger partial charge on any atom is 0.414 e. The Morgan fingerprint density at radius 1 is 0.937 bits per heavy atom. The molecule has 3 rings (SSSR count). The smallest absolute Gasteiger partial charge is 0.414 e. The highest BCUT2D eigenvalue weighted by molar-refractivity contribution is 7.09. The molecule has 0 aliphatic carbocycles. The van der Waals surface area contributed by atoms with Crippen molar-refractivity contribution in [1.29, 1.82) is 0 Å². The number of aromatic nitrogens is 1. The number of ether oxygens (including phenoxy) is 3. The first-order valence-corrected chi connectivity index (χ1v) is 23.5. The molecule has 63 heavy (non-hydrogen) atoms. The predicted octanol–water partition coefficient (Wildman–Crippen LogP) is 7.39. The summed E-state index contributed by atoms with van der Waals surface area (Å²) in [4.78, 5) is 90.0. The SMILES string of the molecule is CCC(C)C(NC(=O)C1CCCCN1C)C(=O)N(COC(=O)CC(C)C)C(CC(OC(C)=O)c1nc(C(=O)NC(Cc2ccc(OC(=O)N(C)CC)cc2)CC(C)C)cs1)C(C)C. The third-order valence-electron chi connectivity index (χ3n) is 11.5. The van der Waals surface area contributed by atoms with Crippen molar-refractivity contribution in [3.05, 3.63) is 45.9 Å². The first-order valence-electron chi connectivity index (χ1n) is 22.7. The molecule has 0 saturated carbocycles. The van der Waals surface area contributed by atoms with Crippen LogP contribution in [0.4, 0.5) is 4.79 Å². The minimum absolute atomic E-state index is 0.0324. The second-order valence-electron chi connectivity index (χ2n) is 18.2. The van der Waals surface area contributed by atoms with Gasteiger partial charge in [0.2, 0.25) is 11.8 Å². The van der Waals surface area contributed by atoms with Crippen LogP contribution in [0.3, 0.4) is 0 Å². The van der Waals surface area contributed by atoms with Gasteiger partial charge in [-0.25, -0.2) is 9.78 Å². The van der Waals surface area contributed by atoms with Crippen LogP contribution >= 0.6 is 11.3 Å². The van der Waals surface area contributed by atoms with Crippen LogP contribution in [-0.2, 0) is 35.1 Å². The third kappa shape index (κ3) is 16.8. The first-order chi connectivity index (χ1) is 29.7. The number of benzene rings is 1. The summed E-state index contributed by atoms with van der Waals surface area (Å²) in [6.07, 6.45) is 3.27. The molecule has 1 aliphatic rings. The van der Waals surface area contributed by atoms with Crippen LogP contribution < -0.4 is 15.4 Å². The molecule has 2 N–H and O–H groups in total. The van der Waals surface area contributed by atoms with Gasteiger partial charge in [0.15, 0.2) is 12.8 Å². The van der Waals surface area contributed by atoms with Crippen molar-refractivity contribution in [3.63, 3.8) is 0 Å². The third-order valence-corrected chi connectivity index (χ3v) is 12.5. The lowest BCUT2D eigenvalue weighted by atomic mass is 9.92. The number of rotatable bonds is 23. The maximum absolute atomic E-state index is 14.9. The van der Waals surface area contributed by atoms with Crippen molar-refractivity contribution in [3.8, 4) is 5.75 Å². The molecule has 6 unspecified atom stereocenters. The van der Waals surface area contributed by atoms with Gasteiger partial charge in [0, 0.05) is 50.8 Å². The van der Waals surface area contributed by atoms with Gasteiger partial charge in [0.1, 0.15) is 22.5 Å². The Kier molecular flexibility index (Phi) is 21.5. The number of likely N-dealkylation sites (N-methyl/N-ethyl adjacent to an activating group) is 1. The van der Waals surface area contributed by atoms with Gasteiger partial charge in [-0.15, -0.1) is 11.3 Å². The fourth-order valence-corrected chi connectivity index (χ4v) is 8.44. The second-order valence-corrected chi connectivity index (χ2v) is 19.1. The predicted molar refractivity (Wildman–Crippen MR) is 244 cm³/mol. The van der Waals surface area contributed by atoms with Gasteiger partial charge in [-0.3, -0.25) is 28.9 Å². The molecule has 15 nitrogen and oxygen atoms in total. The number of nitrogens with one attached hydrogen (secondary N) is 2. The number of nitrogens with zero attached hydrogens (tertiary/aromatic N) is 4. The Morgan fingerprint density at radius 2 is 1.62 bits per heavy atom. The summed E-state index contributed by atoms with van der Waals surface area (Å²) >= 11 is 1.18. The zero-order valence-electron chi connectivity index (χ0n) is 39.7. The van der Waals surface area contributed by atoms with Crippen LogP contribution in [0, 0.1) is 23.7 Å². The van der Waals surface area contributed by atoms with E-state index >= 15 is 0 Å². The second kappa shape index (κ2) is 25.7. The number of piperidine rings is 1. The molecule has 0 bridgehead atoms. The molecule has 1 saturated heterocycles. The number of hydrogen-bond donors (Lipinski definition) is 2. The lowest BCUT2D eigenvalue weighted by Crippen LogP contribution is -2.59. The lowest BCUT2D eigenvalue weighted by Gasteiger charge is -2.39. The Bertz CT molecular complexity index is 1800. The molecule has 1 fully saturated rings. The molecule has 1 aromatic heterocycles. The maximum atomic E-state index is 14.9. The quantitative estimate of drug-likeness (QED) is 0.0840. The number of likely N-dealkylation sites (tertiary alicyclic amines) is 1. The highest BCUT2D eigenvalue weighted by atomic mass is 32.1. The summed E-state index contributed by atoms with van der Waals surface area (Å²) in [6, 6.07) is 5.05. The molecule has 0 radical (unpaired) electrons. The number of carbonyl (C=O) groups excluding carboxylic acids is 6. The Labute approximate surface area is 379 Å². The molecule has 2 aromatic rings. The number of carbonyl (C=O) groups is 6. The number of thiazole rings is 1. The van der Waals surface area contributed by atoms with Gasteiger partial charge >= 0.3 is 18.0 Å². The summed E-state index contributed by atoms with van der Waals surface area (Å²) in [7, 11) is 3.58. The topological polar surface area (TPSA) is 177 Å². The van der Waals surface area contributed by atoms with Crippen LogP contribution in [0.15, 0.2) is 29.6 Å². The van der Waals surface area contributed by atoms with Crippen molar-refractivity contribution in [2.75, 3.05) is 33.9 Å². The summed E-state index contributed by atoms with van der Waals surface area (Å²) in [5.41, 5.74) is 1.11. The van der Waals surface area contributed by atoms with Crippen molar-refractivity contribution in [2.45, 2.75) is 151 Å². The van der Waals surface area contributed by atoms with Crippen LogP contribution in [0.5, 0.6) is 5.75 Å². The van der Waals surface area contributed by atoms with Crippen LogP contribution in [0.25, 0.3) is 0 Å². The van der Waals surface area contributed by atoms with Crippen LogP contribution in [0.2, 0.25) is 0 Å². The molecular weight excluding hydrogens is 825 g/mol. The minimum Gasteiger partial charge on any atom is -0.455 e. The van der Waals surface area contributed by atoms with E-state index in [4.69, 9.17) is 14.2 Å². The molecular formula is C47H74N6O9S. The van der Waals surface area contributed by atoms with E-state index in [9.17, 15) is 28.8 Å². The van der Waals surface area contributed by atoms with Crippen molar-refractivity contribution in [1.82, 2.24) is 30.3 Å². The molecule has 0 spiro atoms. The monoisotopic (exact) mass is 899 g/mol. The van der Waals surface area contributed by atoms with Crippen LogP contribution in [0.1, 0.15) is 141 Å². The van der Waals surface area contributed by atoms with Crippen LogP contribution in [-0.4, -0.2) is 114 Å². The zero-order chi connectivity index (χ0) is 47.0. The van der Waals surface area contributed by atoms with E-state index in [0.29, 0.717) is 43.0 Å². The zero-order valence-corrected chi connectivity index (χ0v) is 40.5. The largest absolute Gasteiger partial charge is 0.455 e.